The van der Waals surface area contributed by atoms with Crippen molar-refractivity contribution in [3.8, 4) is 12.3 Å². The van der Waals surface area contributed by atoms with Gasteiger partial charge in [-0.1, -0.05) is 77.3 Å². The van der Waals surface area contributed by atoms with Gasteiger partial charge in [-0.25, -0.2) is 0 Å². The van der Waals surface area contributed by atoms with Gasteiger partial charge in [-0.05, 0) is 42.4 Å². The molecule has 1 aliphatic heterocycles. The number of dihydropyridines is 1. The molecule has 1 aliphatic rings. The fourth-order valence-electron chi connectivity index (χ4n) is 4.49. The fraction of sp³-hybridized carbons (Fsp3) is 0.500. The first-order chi connectivity index (χ1) is 15.3. The molecule has 0 amide bonds. The normalized spacial score (nSPS) is 21.2. The monoisotopic (exact) mass is 435 g/mol. The van der Waals surface area contributed by atoms with E-state index in [-0.39, 0.29) is 18.4 Å². The van der Waals surface area contributed by atoms with Gasteiger partial charge >= 0.3 is 5.97 Å². The highest BCUT2D eigenvalue weighted by atomic mass is 16.5. The van der Waals surface area contributed by atoms with Crippen molar-refractivity contribution in [3.63, 3.8) is 0 Å². The molecule has 0 fully saturated rings. The maximum absolute atomic E-state index is 13.6. The fourth-order valence-corrected chi connectivity index (χ4v) is 4.49. The number of esters is 1. The van der Waals surface area contributed by atoms with Crippen LogP contribution in [0, 0.1) is 29.6 Å². The minimum Gasteiger partial charge on any atom is -0.465 e. The Balaban J connectivity index is 3.07. The van der Waals surface area contributed by atoms with Gasteiger partial charge in [0, 0.05) is 16.8 Å². The van der Waals surface area contributed by atoms with Gasteiger partial charge in [-0.3, -0.25) is 9.79 Å². The van der Waals surface area contributed by atoms with E-state index in [1.165, 1.54) is 0 Å². The zero-order valence-corrected chi connectivity index (χ0v) is 20.3. The molecular weight excluding hydrogens is 398 g/mol. The molecule has 0 saturated heterocycles. The molecule has 0 bridgehead atoms. The number of hydrogen-bond donors (Lipinski definition) is 1. The van der Waals surface area contributed by atoms with Gasteiger partial charge in [0.15, 0.2) is 0 Å². The summed E-state index contributed by atoms with van der Waals surface area (Å²) in [7, 11) is 0. The van der Waals surface area contributed by atoms with Crippen molar-refractivity contribution in [2.75, 3.05) is 13.2 Å². The Morgan fingerprint density at radius 2 is 1.97 bits per heavy atom. The van der Waals surface area contributed by atoms with E-state index < -0.39 is 24.0 Å². The highest BCUT2D eigenvalue weighted by Crippen LogP contribution is 2.49. The molecule has 0 aliphatic carbocycles. The summed E-state index contributed by atoms with van der Waals surface area (Å²) in [6, 6.07) is 7.12. The number of aliphatic hydroxyl groups excluding tert-OH is 1. The third kappa shape index (κ3) is 4.74. The van der Waals surface area contributed by atoms with Crippen LogP contribution in [-0.2, 0) is 9.53 Å². The lowest BCUT2D eigenvalue weighted by Crippen LogP contribution is -2.52. The second-order valence-corrected chi connectivity index (χ2v) is 8.88. The molecule has 32 heavy (non-hydrogen) atoms. The predicted molar refractivity (Wildman–Crippen MR) is 132 cm³/mol. The van der Waals surface area contributed by atoms with Crippen LogP contribution in [0.2, 0.25) is 0 Å². The molecule has 1 heterocycles. The number of allylic oxidation sites excluding steroid dienone is 3. The lowest BCUT2D eigenvalue weighted by molar-refractivity contribution is -0.155. The Morgan fingerprint density at radius 1 is 1.28 bits per heavy atom. The van der Waals surface area contributed by atoms with Crippen LogP contribution < -0.4 is 0 Å². The summed E-state index contributed by atoms with van der Waals surface area (Å²) in [5.41, 5.74) is 2.60. The van der Waals surface area contributed by atoms with Crippen molar-refractivity contribution in [2.45, 2.75) is 60.4 Å². The Kier molecular flexibility index (Phi) is 9.04. The quantitative estimate of drug-likeness (QED) is 0.414. The SMILES string of the molecule is C#Cc1ccccc1C1=C(/C=C/CCC)C(C(C)C)=NC(C(C)C)C1(CO)C(=O)OCC. The first-order valence-corrected chi connectivity index (χ1v) is 11.6. The molecule has 0 aromatic heterocycles. The molecule has 0 radical (unpaired) electrons. The number of terminal acetylenes is 1. The number of unbranched alkanes of at least 4 members (excludes halogenated alkanes) is 1. The van der Waals surface area contributed by atoms with Crippen molar-refractivity contribution in [1.29, 1.82) is 0 Å². The van der Waals surface area contributed by atoms with Crippen LogP contribution >= 0.6 is 0 Å². The van der Waals surface area contributed by atoms with Crippen LogP contribution in [0.15, 0.2) is 47.0 Å². The number of carbonyl (C=O) groups excluding carboxylic acids is 1. The third-order valence-electron chi connectivity index (χ3n) is 5.93. The largest absolute Gasteiger partial charge is 0.465 e. The topological polar surface area (TPSA) is 58.9 Å². The standard InChI is InChI=1S/C28H37NO3/c1-8-11-12-17-23-24(22-16-14-13-15-21(22)9-2)28(18-30,27(31)32-10-3)26(20(6)7)29-25(23)19(4)5/h2,12-17,19-20,26,30H,8,10-11,18H2,1,3-7H3/b17-12+. The molecule has 1 N–H and O–H groups in total. The van der Waals surface area contributed by atoms with Crippen molar-refractivity contribution in [1.82, 2.24) is 0 Å². The summed E-state index contributed by atoms with van der Waals surface area (Å²) in [6.07, 6.45) is 11.9. The van der Waals surface area contributed by atoms with E-state index in [2.05, 4.69) is 32.8 Å². The lowest BCUT2D eigenvalue weighted by Gasteiger charge is -2.44. The summed E-state index contributed by atoms with van der Waals surface area (Å²) < 4.78 is 5.57. The van der Waals surface area contributed by atoms with Gasteiger partial charge in [0.05, 0.1) is 19.3 Å². The van der Waals surface area contributed by atoms with Crippen LogP contribution in [-0.4, -0.2) is 36.0 Å². The van der Waals surface area contributed by atoms with Crippen LogP contribution in [0.5, 0.6) is 0 Å². The van der Waals surface area contributed by atoms with Crippen LogP contribution in [0.3, 0.4) is 0 Å². The van der Waals surface area contributed by atoms with Crippen molar-refractivity contribution < 1.29 is 14.6 Å². The molecule has 4 heteroatoms. The second kappa shape index (κ2) is 11.3. The minimum absolute atomic E-state index is 0.00512. The highest BCUT2D eigenvalue weighted by molar-refractivity contribution is 6.15. The van der Waals surface area contributed by atoms with E-state index in [0.29, 0.717) is 5.56 Å². The summed E-state index contributed by atoms with van der Waals surface area (Å²) >= 11 is 0. The summed E-state index contributed by atoms with van der Waals surface area (Å²) in [5.74, 6) is 2.43. The summed E-state index contributed by atoms with van der Waals surface area (Å²) in [5, 5.41) is 10.9. The Labute approximate surface area is 193 Å². The zero-order chi connectivity index (χ0) is 23.9. The average Bonchev–Trinajstić information content (AvgIpc) is 2.78. The number of ether oxygens (including phenoxy) is 1. The third-order valence-corrected chi connectivity index (χ3v) is 5.93. The van der Waals surface area contributed by atoms with Crippen molar-refractivity contribution in [2.24, 2.45) is 22.2 Å². The lowest BCUT2D eigenvalue weighted by atomic mass is 9.63. The van der Waals surface area contributed by atoms with E-state index in [0.717, 1.165) is 35.3 Å². The van der Waals surface area contributed by atoms with Gasteiger partial charge in [0.25, 0.3) is 0 Å². The molecule has 0 saturated carbocycles. The van der Waals surface area contributed by atoms with Crippen LogP contribution in [0.1, 0.15) is 65.5 Å². The number of benzene rings is 1. The Bertz CT molecular complexity index is 946. The van der Waals surface area contributed by atoms with E-state index in [1.54, 1.807) is 6.92 Å². The molecule has 2 rings (SSSR count). The number of aliphatic hydroxyl groups is 1. The number of nitrogens with zero attached hydrogens (tertiary/aromatic N) is 1. The number of aliphatic imine (C=N–C) groups is 1. The van der Waals surface area contributed by atoms with E-state index in [4.69, 9.17) is 16.2 Å². The molecule has 2 atom stereocenters. The highest BCUT2D eigenvalue weighted by Gasteiger charge is 2.55. The number of hydrogen-bond acceptors (Lipinski definition) is 4. The van der Waals surface area contributed by atoms with Crippen molar-refractivity contribution >= 4 is 17.3 Å². The Hall–Kier alpha value is -2.64. The van der Waals surface area contributed by atoms with Crippen LogP contribution in [0.4, 0.5) is 0 Å². The van der Waals surface area contributed by atoms with Gasteiger partial charge in [-0.15, -0.1) is 6.42 Å². The smallest absolute Gasteiger partial charge is 0.321 e. The average molecular weight is 436 g/mol. The van der Waals surface area contributed by atoms with Gasteiger partial charge in [0.1, 0.15) is 5.41 Å². The second-order valence-electron chi connectivity index (χ2n) is 8.88. The predicted octanol–water partition coefficient (Wildman–Crippen LogP) is 5.45. The minimum atomic E-state index is -1.35. The first kappa shape index (κ1) is 25.6. The molecular formula is C28H37NO3. The molecule has 0 spiro atoms. The van der Waals surface area contributed by atoms with Gasteiger partial charge < -0.3 is 9.84 Å². The number of carbonyl (C=O) groups is 1. The zero-order valence-electron chi connectivity index (χ0n) is 20.3. The maximum Gasteiger partial charge on any atom is 0.321 e. The summed E-state index contributed by atoms with van der Waals surface area (Å²) in [6.45, 7) is 12.0. The maximum atomic E-state index is 13.6. The molecule has 2 unspecified atom stereocenters. The van der Waals surface area contributed by atoms with Gasteiger partial charge in [-0.2, -0.15) is 0 Å². The van der Waals surface area contributed by atoms with Gasteiger partial charge in [0.2, 0.25) is 0 Å². The number of rotatable bonds is 9. The van der Waals surface area contributed by atoms with E-state index >= 15 is 0 Å². The summed E-state index contributed by atoms with van der Waals surface area (Å²) in [4.78, 5) is 18.7. The van der Waals surface area contributed by atoms with Crippen LogP contribution in [0.25, 0.3) is 5.57 Å². The van der Waals surface area contributed by atoms with E-state index in [1.807, 2.05) is 44.2 Å². The molecule has 1 aromatic carbocycles. The molecule has 172 valence electrons. The molecule has 1 aromatic rings. The Morgan fingerprint density at radius 3 is 2.50 bits per heavy atom. The van der Waals surface area contributed by atoms with E-state index in [9.17, 15) is 9.90 Å². The first-order valence-electron chi connectivity index (χ1n) is 11.6. The van der Waals surface area contributed by atoms with Crippen molar-refractivity contribution in [3.05, 3.63) is 53.1 Å². The molecule has 4 nitrogen and oxygen atoms in total.